The lowest BCUT2D eigenvalue weighted by atomic mass is 10.1. The van der Waals surface area contributed by atoms with Gasteiger partial charge in [-0.2, -0.15) is 0 Å². The van der Waals surface area contributed by atoms with Crippen molar-refractivity contribution in [3.05, 3.63) is 45.2 Å². The number of amides is 1. The molecule has 0 radical (unpaired) electrons. The van der Waals surface area contributed by atoms with Crippen LogP contribution in [0.3, 0.4) is 0 Å². The third-order valence-electron chi connectivity index (χ3n) is 7.35. The van der Waals surface area contributed by atoms with Crippen molar-refractivity contribution < 1.29 is 9.53 Å². The topological polar surface area (TPSA) is 67.2 Å². The third-order valence-corrected chi connectivity index (χ3v) is 8.73. The van der Waals surface area contributed by atoms with Gasteiger partial charge in [-0.05, 0) is 38.5 Å². The maximum absolute atomic E-state index is 13.6. The molecule has 7 nitrogen and oxygen atoms in total. The quantitative estimate of drug-likeness (QED) is 0.156. The van der Waals surface area contributed by atoms with Gasteiger partial charge in [0.25, 0.3) is 11.5 Å². The molecule has 0 aromatic carbocycles. The summed E-state index contributed by atoms with van der Waals surface area (Å²) < 4.78 is 8.01. The molecule has 2 aliphatic heterocycles. The van der Waals surface area contributed by atoms with Gasteiger partial charge in [0.15, 0.2) is 0 Å². The summed E-state index contributed by atoms with van der Waals surface area (Å²) >= 11 is 6.86. The van der Waals surface area contributed by atoms with Gasteiger partial charge in [0.05, 0.1) is 22.7 Å². The van der Waals surface area contributed by atoms with Gasteiger partial charge < -0.3 is 9.64 Å². The highest BCUT2D eigenvalue weighted by Gasteiger charge is 2.33. The number of hydrogen-bond donors (Lipinski definition) is 0. The van der Waals surface area contributed by atoms with Crippen molar-refractivity contribution in [3.63, 3.8) is 0 Å². The highest BCUT2D eigenvalue weighted by Crippen LogP contribution is 2.34. The first-order valence-electron chi connectivity index (χ1n) is 14.6. The molecular weight excluding hydrogens is 528 g/mol. The molecule has 0 spiro atoms. The van der Waals surface area contributed by atoms with Crippen molar-refractivity contribution in [3.8, 4) is 0 Å². The van der Waals surface area contributed by atoms with E-state index in [0.717, 1.165) is 12.8 Å². The number of nitrogens with zero attached hydrogens (tertiary/aromatic N) is 4. The molecule has 2 aromatic heterocycles. The van der Waals surface area contributed by atoms with Crippen LogP contribution in [0.4, 0.5) is 5.82 Å². The third kappa shape index (κ3) is 7.70. The highest BCUT2D eigenvalue weighted by molar-refractivity contribution is 8.26. The summed E-state index contributed by atoms with van der Waals surface area (Å²) in [6, 6.07) is 5.51. The summed E-state index contributed by atoms with van der Waals surface area (Å²) in [5.41, 5.74) is 0.803. The summed E-state index contributed by atoms with van der Waals surface area (Å²) in [6.07, 6.45) is 15.9. The lowest BCUT2D eigenvalue weighted by Crippen LogP contribution is -2.46. The molecule has 0 N–H and O–H groups in total. The van der Waals surface area contributed by atoms with Crippen molar-refractivity contribution in [1.29, 1.82) is 0 Å². The van der Waals surface area contributed by atoms with Gasteiger partial charge in [0.2, 0.25) is 0 Å². The van der Waals surface area contributed by atoms with Crippen LogP contribution in [-0.4, -0.2) is 56.4 Å². The van der Waals surface area contributed by atoms with E-state index in [0.29, 0.717) is 45.9 Å². The van der Waals surface area contributed by atoms with Crippen LogP contribution in [0, 0.1) is 0 Å². The fraction of sp³-hybridized carbons (Fsp3) is 0.600. The maximum Gasteiger partial charge on any atom is 0.267 e. The summed E-state index contributed by atoms with van der Waals surface area (Å²) in [5.74, 6) is 0.473. The molecule has 2 fully saturated rings. The largest absolute Gasteiger partial charge is 0.372 e. The summed E-state index contributed by atoms with van der Waals surface area (Å²) in [6.45, 7) is 8.17. The lowest BCUT2D eigenvalue weighted by Gasteiger charge is -2.36. The van der Waals surface area contributed by atoms with E-state index in [1.807, 2.05) is 32.0 Å². The molecule has 4 heterocycles. The summed E-state index contributed by atoms with van der Waals surface area (Å²) in [5, 5.41) is 0. The fourth-order valence-corrected chi connectivity index (χ4v) is 6.68. The Morgan fingerprint density at radius 3 is 2.31 bits per heavy atom. The molecule has 0 saturated carbocycles. The van der Waals surface area contributed by atoms with Gasteiger partial charge in [-0.1, -0.05) is 94.8 Å². The van der Waals surface area contributed by atoms with Gasteiger partial charge in [-0.15, -0.1) is 0 Å². The van der Waals surface area contributed by atoms with Crippen LogP contribution in [0.1, 0.15) is 90.5 Å². The molecule has 2 unspecified atom stereocenters. The number of pyridine rings is 1. The number of carbonyl (C=O) groups is 1. The molecular formula is C30H42N4O3S2. The van der Waals surface area contributed by atoms with Crippen molar-refractivity contribution in [2.45, 2.75) is 97.2 Å². The van der Waals surface area contributed by atoms with Gasteiger partial charge in [0.1, 0.15) is 15.8 Å². The number of aromatic nitrogens is 2. The van der Waals surface area contributed by atoms with Crippen molar-refractivity contribution in [2.24, 2.45) is 0 Å². The average Bonchev–Trinajstić information content (AvgIpc) is 3.18. The van der Waals surface area contributed by atoms with E-state index < -0.39 is 0 Å². The molecule has 39 heavy (non-hydrogen) atoms. The van der Waals surface area contributed by atoms with Gasteiger partial charge in [-0.3, -0.25) is 18.9 Å². The highest BCUT2D eigenvalue weighted by atomic mass is 32.2. The Labute approximate surface area is 242 Å². The number of morpholine rings is 1. The molecule has 1 amide bonds. The number of thioether (sulfide) groups is 1. The monoisotopic (exact) mass is 570 g/mol. The predicted molar refractivity (Wildman–Crippen MR) is 165 cm³/mol. The molecule has 212 valence electrons. The second-order valence-corrected chi connectivity index (χ2v) is 12.4. The minimum absolute atomic E-state index is 0.0110. The van der Waals surface area contributed by atoms with Crippen LogP contribution >= 0.6 is 24.0 Å². The molecule has 2 atom stereocenters. The van der Waals surface area contributed by atoms with Crippen molar-refractivity contribution >= 4 is 51.7 Å². The first-order valence-corrected chi connectivity index (χ1v) is 15.8. The second kappa shape index (κ2) is 14.4. The number of anilines is 1. The molecule has 0 bridgehead atoms. The summed E-state index contributed by atoms with van der Waals surface area (Å²) in [7, 11) is 0. The minimum atomic E-state index is -0.192. The van der Waals surface area contributed by atoms with Crippen LogP contribution < -0.4 is 10.5 Å². The Bertz CT molecular complexity index is 1230. The number of ether oxygens (including phenoxy) is 1. The molecule has 2 aromatic rings. The van der Waals surface area contributed by atoms with E-state index in [1.165, 1.54) is 67.5 Å². The van der Waals surface area contributed by atoms with E-state index in [4.69, 9.17) is 21.9 Å². The van der Waals surface area contributed by atoms with Crippen LogP contribution in [0.2, 0.25) is 0 Å². The number of carbonyl (C=O) groups excluding carboxylic acids is 1. The molecule has 9 heteroatoms. The smallest absolute Gasteiger partial charge is 0.267 e. The Hall–Kier alpha value is -2.23. The number of rotatable bonds is 13. The van der Waals surface area contributed by atoms with Crippen molar-refractivity contribution in [1.82, 2.24) is 14.3 Å². The molecule has 2 saturated heterocycles. The zero-order chi connectivity index (χ0) is 27.8. The lowest BCUT2D eigenvalue weighted by molar-refractivity contribution is -0.122. The second-order valence-electron chi connectivity index (χ2n) is 10.8. The Morgan fingerprint density at radius 1 is 1.00 bits per heavy atom. The van der Waals surface area contributed by atoms with E-state index in [1.54, 1.807) is 17.2 Å². The maximum atomic E-state index is 13.6. The van der Waals surface area contributed by atoms with E-state index in [9.17, 15) is 9.59 Å². The SMILES string of the molecule is CCCCCCCCCCCCN1C(=O)/C(=C\c2c(N3CC(C)OC(C)C3)nc3ccccn3c2=O)SC1=S. The number of unbranched alkanes of at least 4 members (excludes halogenated alkanes) is 9. The van der Waals surface area contributed by atoms with E-state index in [-0.39, 0.29) is 23.7 Å². The average molecular weight is 571 g/mol. The normalized spacial score (nSPS) is 21.1. The van der Waals surface area contributed by atoms with Crippen LogP contribution in [0.15, 0.2) is 34.1 Å². The predicted octanol–water partition coefficient (Wildman–Crippen LogP) is 6.43. The first-order chi connectivity index (χ1) is 18.9. The standard InChI is InChI=1S/C30H42N4O3S2/c1-4-5-6-7-8-9-10-11-12-14-18-34-29(36)25(39-30(34)38)19-24-27(32-20-22(2)37-23(3)21-32)31-26-16-13-15-17-33(26)28(24)35/h13,15-17,19,22-23H,4-12,14,18,20-21H2,1-3H3/b25-19+. The van der Waals surface area contributed by atoms with Crippen LogP contribution in [0.5, 0.6) is 0 Å². The zero-order valence-electron chi connectivity index (χ0n) is 23.6. The zero-order valence-corrected chi connectivity index (χ0v) is 25.2. The Kier molecular flexibility index (Phi) is 11.0. The number of hydrogen-bond acceptors (Lipinski definition) is 7. The molecule has 0 aliphatic carbocycles. The van der Waals surface area contributed by atoms with Gasteiger partial charge in [-0.25, -0.2) is 4.98 Å². The molecule has 4 rings (SSSR count). The van der Waals surface area contributed by atoms with Crippen molar-refractivity contribution in [2.75, 3.05) is 24.5 Å². The molecule has 2 aliphatic rings. The van der Waals surface area contributed by atoms with Gasteiger partial charge >= 0.3 is 0 Å². The Balaban J connectivity index is 1.44. The van der Waals surface area contributed by atoms with Gasteiger partial charge in [0, 0.05) is 25.8 Å². The van der Waals surface area contributed by atoms with Crippen LogP contribution in [0.25, 0.3) is 11.7 Å². The first kappa shape index (κ1) is 29.7. The van der Waals surface area contributed by atoms with E-state index >= 15 is 0 Å². The minimum Gasteiger partial charge on any atom is -0.372 e. The summed E-state index contributed by atoms with van der Waals surface area (Å²) in [4.78, 5) is 36.1. The van der Waals surface area contributed by atoms with Crippen LogP contribution in [-0.2, 0) is 9.53 Å². The number of thiocarbonyl (C=S) groups is 1. The van der Waals surface area contributed by atoms with E-state index in [2.05, 4.69) is 11.8 Å². The fourth-order valence-electron chi connectivity index (χ4n) is 5.39. The Morgan fingerprint density at radius 2 is 1.64 bits per heavy atom. The number of fused-ring (bicyclic) bond motifs is 1.